The van der Waals surface area contributed by atoms with Gasteiger partial charge in [-0.25, -0.2) is 0 Å². The lowest BCUT2D eigenvalue weighted by atomic mass is 9.86. The standard InChI is InChI=1S/C12H17N.ClH/c1-12(2)7-10-5-3-4-6-11(10)8-13-9-12;/h3-6,13H,7-9H2,1-2H3;1H. The molecule has 0 radical (unpaired) electrons. The van der Waals surface area contributed by atoms with E-state index in [1.807, 2.05) is 0 Å². The Balaban J connectivity index is 0.000000980. The number of hydrogen-bond donors (Lipinski definition) is 1. The Labute approximate surface area is 92.3 Å². The highest BCUT2D eigenvalue weighted by atomic mass is 35.5. The van der Waals surface area contributed by atoms with Gasteiger partial charge in [-0.1, -0.05) is 38.1 Å². The predicted molar refractivity (Wildman–Crippen MR) is 62.9 cm³/mol. The van der Waals surface area contributed by atoms with Gasteiger partial charge in [-0.15, -0.1) is 12.4 Å². The molecule has 1 heterocycles. The van der Waals surface area contributed by atoms with Gasteiger partial charge in [-0.3, -0.25) is 0 Å². The van der Waals surface area contributed by atoms with Crippen molar-refractivity contribution in [2.24, 2.45) is 5.41 Å². The van der Waals surface area contributed by atoms with Crippen molar-refractivity contribution < 1.29 is 0 Å². The first-order chi connectivity index (χ1) is 6.17. The fourth-order valence-corrected chi connectivity index (χ4v) is 2.02. The first-order valence-electron chi connectivity index (χ1n) is 4.95. The van der Waals surface area contributed by atoms with Crippen LogP contribution in [0, 0.1) is 5.41 Å². The summed E-state index contributed by atoms with van der Waals surface area (Å²) in [6, 6.07) is 8.74. The van der Waals surface area contributed by atoms with Gasteiger partial charge < -0.3 is 5.32 Å². The van der Waals surface area contributed by atoms with E-state index in [-0.39, 0.29) is 12.4 Å². The summed E-state index contributed by atoms with van der Waals surface area (Å²) in [5, 5.41) is 3.49. The first-order valence-corrected chi connectivity index (χ1v) is 4.95. The molecule has 0 bridgehead atoms. The minimum absolute atomic E-state index is 0. The van der Waals surface area contributed by atoms with Crippen molar-refractivity contribution in [3.8, 4) is 0 Å². The van der Waals surface area contributed by atoms with Crippen LogP contribution >= 0.6 is 12.4 Å². The second-order valence-corrected chi connectivity index (χ2v) is 4.71. The summed E-state index contributed by atoms with van der Waals surface area (Å²) in [4.78, 5) is 0. The SMILES string of the molecule is CC1(C)CNCc2ccccc2C1.Cl. The Bertz CT molecular complexity index is 307. The van der Waals surface area contributed by atoms with E-state index in [0.717, 1.165) is 13.1 Å². The highest BCUT2D eigenvalue weighted by Crippen LogP contribution is 2.25. The Morgan fingerprint density at radius 1 is 1.14 bits per heavy atom. The molecule has 78 valence electrons. The molecule has 0 saturated heterocycles. The number of rotatable bonds is 0. The molecule has 0 aromatic heterocycles. The van der Waals surface area contributed by atoms with E-state index in [2.05, 4.69) is 43.4 Å². The lowest BCUT2D eigenvalue weighted by Crippen LogP contribution is -2.27. The summed E-state index contributed by atoms with van der Waals surface area (Å²) >= 11 is 0. The molecule has 1 aliphatic heterocycles. The third kappa shape index (κ3) is 2.49. The quantitative estimate of drug-likeness (QED) is 0.696. The van der Waals surface area contributed by atoms with Gasteiger partial charge in [0, 0.05) is 13.1 Å². The van der Waals surface area contributed by atoms with Crippen LogP contribution in [0.1, 0.15) is 25.0 Å². The smallest absolute Gasteiger partial charge is 0.0208 e. The molecule has 0 aliphatic carbocycles. The normalized spacial score (nSPS) is 19.0. The van der Waals surface area contributed by atoms with Gasteiger partial charge in [0.25, 0.3) is 0 Å². The minimum atomic E-state index is 0. The van der Waals surface area contributed by atoms with Crippen molar-refractivity contribution in [2.75, 3.05) is 6.54 Å². The molecular formula is C12H18ClN. The van der Waals surface area contributed by atoms with Crippen LogP contribution in [-0.4, -0.2) is 6.54 Å². The molecule has 1 aromatic carbocycles. The van der Waals surface area contributed by atoms with E-state index in [9.17, 15) is 0 Å². The first kappa shape index (κ1) is 11.5. The highest BCUT2D eigenvalue weighted by Gasteiger charge is 2.22. The minimum Gasteiger partial charge on any atom is -0.312 e. The van der Waals surface area contributed by atoms with Gasteiger partial charge in [0.2, 0.25) is 0 Å². The van der Waals surface area contributed by atoms with Gasteiger partial charge in [0.05, 0.1) is 0 Å². The van der Waals surface area contributed by atoms with Gasteiger partial charge >= 0.3 is 0 Å². The van der Waals surface area contributed by atoms with Gasteiger partial charge in [-0.2, -0.15) is 0 Å². The molecule has 1 aromatic rings. The van der Waals surface area contributed by atoms with Crippen LogP contribution in [0.15, 0.2) is 24.3 Å². The lowest BCUT2D eigenvalue weighted by Gasteiger charge is -2.22. The summed E-state index contributed by atoms with van der Waals surface area (Å²) in [6.07, 6.45) is 1.19. The number of halogens is 1. The Morgan fingerprint density at radius 2 is 1.79 bits per heavy atom. The molecule has 0 amide bonds. The topological polar surface area (TPSA) is 12.0 Å². The number of nitrogens with one attached hydrogen (secondary N) is 1. The average Bonchev–Trinajstić information content (AvgIpc) is 2.21. The predicted octanol–water partition coefficient (Wildman–Crippen LogP) is 2.78. The zero-order chi connectivity index (χ0) is 9.31. The van der Waals surface area contributed by atoms with Gasteiger partial charge in [0.15, 0.2) is 0 Å². The summed E-state index contributed by atoms with van der Waals surface area (Å²) in [5.41, 5.74) is 3.37. The fraction of sp³-hybridized carbons (Fsp3) is 0.500. The van der Waals surface area contributed by atoms with E-state index in [1.54, 1.807) is 0 Å². The molecule has 1 N–H and O–H groups in total. The fourth-order valence-electron chi connectivity index (χ4n) is 2.02. The molecule has 0 saturated carbocycles. The van der Waals surface area contributed by atoms with Crippen LogP contribution in [0.3, 0.4) is 0 Å². The molecule has 0 unspecified atom stereocenters. The number of fused-ring (bicyclic) bond motifs is 1. The van der Waals surface area contributed by atoms with E-state index in [4.69, 9.17) is 0 Å². The molecule has 2 heteroatoms. The van der Waals surface area contributed by atoms with Crippen LogP contribution in [0.2, 0.25) is 0 Å². The average molecular weight is 212 g/mol. The van der Waals surface area contributed by atoms with Gasteiger partial charge in [0.1, 0.15) is 0 Å². The Hall–Kier alpha value is -0.530. The van der Waals surface area contributed by atoms with Crippen LogP contribution < -0.4 is 5.32 Å². The molecular weight excluding hydrogens is 194 g/mol. The number of benzene rings is 1. The summed E-state index contributed by atoms with van der Waals surface area (Å²) in [5.74, 6) is 0. The van der Waals surface area contributed by atoms with E-state index >= 15 is 0 Å². The largest absolute Gasteiger partial charge is 0.312 e. The van der Waals surface area contributed by atoms with Crippen LogP contribution in [0.5, 0.6) is 0 Å². The maximum atomic E-state index is 3.49. The molecule has 1 nitrogen and oxygen atoms in total. The van der Waals surface area contributed by atoms with Crippen LogP contribution in [0.25, 0.3) is 0 Å². The maximum absolute atomic E-state index is 3.49. The molecule has 2 rings (SSSR count). The lowest BCUT2D eigenvalue weighted by molar-refractivity contribution is 0.349. The monoisotopic (exact) mass is 211 g/mol. The summed E-state index contributed by atoms with van der Waals surface area (Å²) < 4.78 is 0. The molecule has 0 fully saturated rings. The van der Waals surface area contributed by atoms with E-state index in [1.165, 1.54) is 17.5 Å². The Kier molecular flexibility index (Phi) is 3.57. The van der Waals surface area contributed by atoms with Crippen molar-refractivity contribution in [1.29, 1.82) is 0 Å². The molecule has 0 atom stereocenters. The zero-order valence-electron chi connectivity index (χ0n) is 8.84. The van der Waals surface area contributed by atoms with Crippen molar-refractivity contribution in [3.63, 3.8) is 0 Å². The second-order valence-electron chi connectivity index (χ2n) is 4.71. The van der Waals surface area contributed by atoms with Gasteiger partial charge in [-0.05, 0) is 23.0 Å². The van der Waals surface area contributed by atoms with Crippen LogP contribution in [0.4, 0.5) is 0 Å². The van der Waals surface area contributed by atoms with Crippen LogP contribution in [-0.2, 0) is 13.0 Å². The second kappa shape index (κ2) is 4.33. The third-order valence-corrected chi connectivity index (χ3v) is 2.71. The maximum Gasteiger partial charge on any atom is 0.0208 e. The molecule has 14 heavy (non-hydrogen) atoms. The van der Waals surface area contributed by atoms with Crippen molar-refractivity contribution in [3.05, 3.63) is 35.4 Å². The van der Waals surface area contributed by atoms with E-state index in [0.29, 0.717) is 5.41 Å². The van der Waals surface area contributed by atoms with Crippen molar-refractivity contribution in [2.45, 2.75) is 26.8 Å². The number of hydrogen-bond acceptors (Lipinski definition) is 1. The van der Waals surface area contributed by atoms with E-state index < -0.39 is 0 Å². The molecule has 1 aliphatic rings. The summed E-state index contributed by atoms with van der Waals surface area (Å²) in [6.45, 7) is 6.78. The van der Waals surface area contributed by atoms with Crippen molar-refractivity contribution >= 4 is 12.4 Å². The summed E-state index contributed by atoms with van der Waals surface area (Å²) in [7, 11) is 0. The Morgan fingerprint density at radius 3 is 2.50 bits per heavy atom. The molecule has 0 spiro atoms. The third-order valence-electron chi connectivity index (χ3n) is 2.71. The highest BCUT2D eigenvalue weighted by molar-refractivity contribution is 5.85. The van der Waals surface area contributed by atoms with Crippen molar-refractivity contribution in [1.82, 2.24) is 5.32 Å². The zero-order valence-corrected chi connectivity index (χ0v) is 9.66.